The highest BCUT2D eigenvalue weighted by atomic mass is 32.1. The zero-order valence-electron chi connectivity index (χ0n) is 13.2. The lowest BCUT2D eigenvalue weighted by molar-refractivity contribution is -0.117. The molecule has 0 bridgehead atoms. The molecule has 0 aliphatic carbocycles. The van der Waals surface area contributed by atoms with Crippen LogP contribution in [0.2, 0.25) is 0 Å². The van der Waals surface area contributed by atoms with Crippen LogP contribution in [0.15, 0.2) is 30.3 Å². The lowest BCUT2D eigenvalue weighted by atomic mass is 10.0. The monoisotopic (exact) mass is 301 g/mol. The van der Waals surface area contributed by atoms with E-state index in [4.69, 9.17) is 0 Å². The summed E-state index contributed by atoms with van der Waals surface area (Å²) in [5, 5.41) is 4.16. The summed E-state index contributed by atoms with van der Waals surface area (Å²) in [6, 6.07) is 9.92. The van der Waals surface area contributed by atoms with Gasteiger partial charge in [-0.05, 0) is 43.4 Å². The lowest BCUT2D eigenvalue weighted by Crippen LogP contribution is -2.18. The Kier molecular flexibility index (Phi) is 5.18. The summed E-state index contributed by atoms with van der Waals surface area (Å²) >= 11 is 1.72. The normalized spacial score (nSPS) is 12.2. The highest BCUT2D eigenvalue weighted by Crippen LogP contribution is 2.34. The summed E-state index contributed by atoms with van der Waals surface area (Å²) in [7, 11) is 0. The number of benzene rings is 1. The second-order valence-corrected chi connectivity index (χ2v) is 6.39. The smallest absolute Gasteiger partial charge is 0.232 e. The summed E-state index contributed by atoms with van der Waals surface area (Å²) < 4.78 is 0. The number of nitrogens with one attached hydrogen (secondary N) is 1. The summed E-state index contributed by atoms with van der Waals surface area (Å²) in [6.45, 7) is 8.42. The maximum atomic E-state index is 12.5. The minimum absolute atomic E-state index is 0.0693. The molecule has 2 nitrogen and oxygen atoms in total. The van der Waals surface area contributed by atoms with Crippen LogP contribution in [-0.4, -0.2) is 5.91 Å². The lowest BCUT2D eigenvalue weighted by Gasteiger charge is -2.12. The molecule has 0 radical (unpaired) electrons. The van der Waals surface area contributed by atoms with Crippen molar-refractivity contribution in [2.75, 3.05) is 5.32 Å². The Bertz CT molecular complexity index is 616. The Labute approximate surface area is 131 Å². The molecule has 1 aromatic heterocycles. The fourth-order valence-electron chi connectivity index (χ4n) is 2.58. The zero-order valence-corrected chi connectivity index (χ0v) is 14.0. The molecule has 1 heterocycles. The Hall–Kier alpha value is -1.61. The number of anilines is 1. The third-order valence-corrected chi connectivity index (χ3v) is 5.37. The number of carbonyl (C=O) groups excluding carboxylic acids is 1. The van der Waals surface area contributed by atoms with Crippen LogP contribution in [-0.2, 0) is 17.6 Å². The molecule has 0 spiro atoms. The molecule has 2 aromatic rings. The van der Waals surface area contributed by atoms with Gasteiger partial charge in [-0.15, -0.1) is 11.3 Å². The highest BCUT2D eigenvalue weighted by molar-refractivity contribution is 7.16. The average molecular weight is 301 g/mol. The van der Waals surface area contributed by atoms with Gasteiger partial charge < -0.3 is 5.32 Å². The zero-order chi connectivity index (χ0) is 15.4. The number of thiophene rings is 1. The quantitative estimate of drug-likeness (QED) is 0.834. The third kappa shape index (κ3) is 3.35. The van der Waals surface area contributed by atoms with Gasteiger partial charge in [0.15, 0.2) is 0 Å². The maximum Gasteiger partial charge on any atom is 0.232 e. The average Bonchev–Trinajstić information content (AvgIpc) is 2.82. The number of rotatable bonds is 5. The van der Waals surface area contributed by atoms with Crippen molar-refractivity contribution in [3.8, 4) is 0 Å². The first-order chi connectivity index (χ1) is 10.1. The van der Waals surface area contributed by atoms with Crippen molar-refractivity contribution in [3.63, 3.8) is 0 Å². The van der Waals surface area contributed by atoms with E-state index in [1.165, 1.54) is 16.0 Å². The number of aryl methyl sites for hydroxylation is 1. The second-order valence-electron chi connectivity index (χ2n) is 5.29. The molecule has 0 aliphatic heterocycles. The van der Waals surface area contributed by atoms with Gasteiger partial charge in [-0.2, -0.15) is 0 Å². The maximum absolute atomic E-state index is 12.5. The van der Waals surface area contributed by atoms with E-state index in [-0.39, 0.29) is 11.8 Å². The van der Waals surface area contributed by atoms with Crippen molar-refractivity contribution in [2.24, 2.45) is 0 Å². The Morgan fingerprint density at radius 1 is 1.19 bits per heavy atom. The Balaban J connectivity index is 2.20. The standard InChI is InChI=1S/C18H23NOS/c1-5-15-13(4)16(6-2)21-18(15)19-17(20)12(3)14-10-8-7-9-11-14/h7-12H,5-6H2,1-4H3,(H,19,20). The van der Waals surface area contributed by atoms with E-state index >= 15 is 0 Å². The molecular weight excluding hydrogens is 278 g/mol. The molecule has 1 atom stereocenters. The van der Waals surface area contributed by atoms with Crippen LogP contribution in [0.4, 0.5) is 5.00 Å². The number of hydrogen-bond donors (Lipinski definition) is 1. The van der Waals surface area contributed by atoms with Gasteiger partial charge in [-0.1, -0.05) is 44.2 Å². The number of hydrogen-bond acceptors (Lipinski definition) is 2. The van der Waals surface area contributed by atoms with Gasteiger partial charge in [0, 0.05) is 4.88 Å². The summed E-state index contributed by atoms with van der Waals surface area (Å²) in [4.78, 5) is 13.9. The summed E-state index contributed by atoms with van der Waals surface area (Å²) in [6.07, 6.45) is 1.98. The molecule has 21 heavy (non-hydrogen) atoms. The van der Waals surface area contributed by atoms with E-state index in [0.717, 1.165) is 23.4 Å². The number of amides is 1. The molecule has 0 saturated carbocycles. The van der Waals surface area contributed by atoms with Gasteiger partial charge in [0.1, 0.15) is 0 Å². The minimum atomic E-state index is -0.136. The van der Waals surface area contributed by atoms with Crippen molar-refractivity contribution < 1.29 is 4.79 Å². The van der Waals surface area contributed by atoms with E-state index in [2.05, 4.69) is 26.1 Å². The first-order valence-corrected chi connectivity index (χ1v) is 8.37. The molecule has 0 aliphatic rings. The van der Waals surface area contributed by atoms with Crippen LogP contribution in [0.25, 0.3) is 0 Å². The first kappa shape index (κ1) is 15.8. The molecular formula is C18H23NOS. The van der Waals surface area contributed by atoms with Gasteiger partial charge >= 0.3 is 0 Å². The Morgan fingerprint density at radius 2 is 1.86 bits per heavy atom. The molecule has 3 heteroatoms. The van der Waals surface area contributed by atoms with E-state index in [1.807, 2.05) is 37.3 Å². The van der Waals surface area contributed by atoms with Crippen molar-refractivity contribution in [1.29, 1.82) is 0 Å². The molecule has 112 valence electrons. The van der Waals surface area contributed by atoms with Crippen LogP contribution < -0.4 is 5.32 Å². The molecule has 1 unspecified atom stereocenters. The van der Waals surface area contributed by atoms with Crippen LogP contribution in [0, 0.1) is 6.92 Å². The molecule has 1 aromatic carbocycles. The van der Waals surface area contributed by atoms with E-state index in [9.17, 15) is 4.79 Å². The minimum Gasteiger partial charge on any atom is -0.317 e. The van der Waals surface area contributed by atoms with Crippen molar-refractivity contribution in [2.45, 2.75) is 46.5 Å². The fraction of sp³-hybridized carbons (Fsp3) is 0.389. The summed E-state index contributed by atoms with van der Waals surface area (Å²) in [5.41, 5.74) is 3.68. The molecule has 1 amide bonds. The second kappa shape index (κ2) is 6.90. The fourth-order valence-corrected chi connectivity index (χ4v) is 3.82. The van der Waals surface area contributed by atoms with Crippen LogP contribution in [0.3, 0.4) is 0 Å². The third-order valence-electron chi connectivity index (χ3n) is 3.97. The van der Waals surface area contributed by atoms with Crippen LogP contribution >= 0.6 is 11.3 Å². The largest absolute Gasteiger partial charge is 0.317 e. The van der Waals surface area contributed by atoms with Crippen molar-refractivity contribution in [1.82, 2.24) is 0 Å². The van der Waals surface area contributed by atoms with Gasteiger partial charge in [0.05, 0.1) is 10.9 Å². The van der Waals surface area contributed by atoms with Crippen LogP contribution in [0.5, 0.6) is 0 Å². The molecule has 2 rings (SSSR count). The summed E-state index contributed by atoms with van der Waals surface area (Å²) in [5.74, 6) is -0.0665. The van der Waals surface area contributed by atoms with E-state index in [0.29, 0.717) is 0 Å². The van der Waals surface area contributed by atoms with E-state index in [1.54, 1.807) is 11.3 Å². The van der Waals surface area contributed by atoms with Gasteiger partial charge in [-0.3, -0.25) is 4.79 Å². The van der Waals surface area contributed by atoms with Crippen molar-refractivity contribution in [3.05, 3.63) is 51.9 Å². The molecule has 0 saturated heterocycles. The SMILES string of the molecule is CCc1sc(NC(=O)C(C)c2ccccc2)c(CC)c1C. The highest BCUT2D eigenvalue weighted by Gasteiger charge is 2.19. The van der Waals surface area contributed by atoms with Crippen molar-refractivity contribution >= 4 is 22.2 Å². The predicted octanol–water partition coefficient (Wildman–Crippen LogP) is 4.92. The topological polar surface area (TPSA) is 29.1 Å². The first-order valence-electron chi connectivity index (χ1n) is 7.55. The predicted molar refractivity (Wildman–Crippen MR) is 91.3 cm³/mol. The number of carbonyl (C=O) groups is 1. The van der Waals surface area contributed by atoms with Crippen LogP contribution in [0.1, 0.15) is 48.3 Å². The Morgan fingerprint density at radius 3 is 2.43 bits per heavy atom. The van der Waals surface area contributed by atoms with Gasteiger partial charge in [-0.25, -0.2) is 0 Å². The van der Waals surface area contributed by atoms with E-state index < -0.39 is 0 Å². The van der Waals surface area contributed by atoms with Gasteiger partial charge in [0.25, 0.3) is 0 Å². The van der Waals surface area contributed by atoms with Gasteiger partial charge in [0.2, 0.25) is 5.91 Å². The molecule has 1 N–H and O–H groups in total. The molecule has 0 fully saturated rings.